The van der Waals surface area contributed by atoms with Crippen molar-refractivity contribution >= 4 is 12.0 Å². The molecule has 1 rings (SSSR count). The van der Waals surface area contributed by atoms with Crippen molar-refractivity contribution in [2.24, 2.45) is 0 Å². The summed E-state index contributed by atoms with van der Waals surface area (Å²) < 4.78 is 25.1. The minimum atomic E-state index is -3.23. The molecule has 0 spiro atoms. The van der Waals surface area contributed by atoms with Crippen molar-refractivity contribution in [3.05, 3.63) is 33.1 Å². The van der Waals surface area contributed by atoms with Crippen LogP contribution in [0.3, 0.4) is 0 Å². The molecule has 8 heteroatoms. The van der Waals surface area contributed by atoms with Crippen molar-refractivity contribution in [2.75, 3.05) is 0 Å². The molecule has 0 N–H and O–H groups in total. The van der Waals surface area contributed by atoms with Crippen molar-refractivity contribution in [2.45, 2.75) is 6.43 Å². The number of aldehydes is 1. The van der Waals surface area contributed by atoms with Crippen LogP contribution in [0.1, 0.15) is 28.0 Å². The molecule has 6 nitrogen and oxygen atoms in total. The third kappa shape index (κ3) is 1.83. The van der Waals surface area contributed by atoms with E-state index in [4.69, 9.17) is 5.26 Å². The number of nitro groups is 1. The van der Waals surface area contributed by atoms with E-state index in [9.17, 15) is 23.7 Å². The molecule has 0 atom stereocenters. The first kappa shape index (κ1) is 11.6. The average molecular weight is 227 g/mol. The number of carbonyl (C=O) groups excluding carboxylic acids is 1. The van der Waals surface area contributed by atoms with E-state index in [0.717, 1.165) is 0 Å². The fraction of sp³-hybridized carbons (Fsp3) is 0.125. The Morgan fingerprint density at radius 3 is 2.62 bits per heavy atom. The molecule has 1 heterocycles. The molecule has 0 radical (unpaired) electrons. The van der Waals surface area contributed by atoms with Crippen LogP contribution in [0.25, 0.3) is 0 Å². The Balaban J connectivity index is 3.68. The summed E-state index contributed by atoms with van der Waals surface area (Å²) in [6, 6.07) is 1.36. The first-order chi connectivity index (χ1) is 7.52. The Bertz CT molecular complexity index is 496. The highest BCUT2D eigenvalue weighted by Gasteiger charge is 2.30. The van der Waals surface area contributed by atoms with E-state index >= 15 is 0 Å². The minimum Gasteiger partial charge on any atom is -0.296 e. The maximum Gasteiger partial charge on any atom is 0.308 e. The second kappa shape index (κ2) is 4.39. The van der Waals surface area contributed by atoms with Crippen LogP contribution in [0.2, 0.25) is 0 Å². The van der Waals surface area contributed by atoms with E-state index in [1.165, 1.54) is 6.07 Å². The highest BCUT2D eigenvalue weighted by atomic mass is 19.3. The van der Waals surface area contributed by atoms with E-state index in [-0.39, 0.29) is 6.29 Å². The van der Waals surface area contributed by atoms with Gasteiger partial charge in [-0.05, 0) is 0 Å². The van der Waals surface area contributed by atoms with Gasteiger partial charge in [-0.15, -0.1) is 0 Å². The van der Waals surface area contributed by atoms with Crippen LogP contribution in [0.15, 0.2) is 6.20 Å². The molecule has 0 saturated heterocycles. The molecule has 0 bridgehead atoms. The van der Waals surface area contributed by atoms with E-state index < -0.39 is 33.9 Å². The molecule has 0 aromatic carbocycles. The van der Waals surface area contributed by atoms with Crippen LogP contribution in [0, 0.1) is 21.4 Å². The number of alkyl halides is 2. The van der Waals surface area contributed by atoms with Crippen molar-refractivity contribution in [1.82, 2.24) is 4.98 Å². The lowest BCUT2D eigenvalue weighted by molar-refractivity contribution is -0.386. The van der Waals surface area contributed by atoms with Gasteiger partial charge in [0.15, 0.2) is 12.0 Å². The summed E-state index contributed by atoms with van der Waals surface area (Å²) in [4.78, 5) is 23.1. The second-order valence-corrected chi connectivity index (χ2v) is 2.61. The second-order valence-electron chi connectivity index (χ2n) is 2.61. The van der Waals surface area contributed by atoms with Gasteiger partial charge in [0.1, 0.15) is 11.6 Å². The Morgan fingerprint density at radius 2 is 2.25 bits per heavy atom. The van der Waals surface area contributed by atoms with Crippen LogP contribution in [0.5, 0.6) is 0 Å². The summed E-state index contributed by atoms with van der Waals surface area (Å²) in [5.41, 5.74) is -3.54. The molecular weight excluding hydrogens is 224 g/mol. The number of carbonyl (C=O) groups is 1. The lowest BCUT2D eigenvalue weighted by Gasteiger charge is -2.04. The largest absolute Gasteiger partial charge is 0.308 e. The van der Waals surface area contributed by atoms with Crippen LogP contribution in [0.4, 0.5) is 14.5 Å². The van der Waals surface area contributed by atoms with Crippen molar-refractivity contribution in [1.29, 1.82) is 5.26 Å². The predicted octanol–water partition coefficient (Wildman–Crippen LogP) is 1.61. The van der Waals surface area contributed by atoms with E-state index in [1.54, 1.807) is 0 Å². The van der Waals surface area contributed by atoms with Gasteiger partial charge in [-0.3, -0.25) is 14.9 Å². The highest BCUT2D eigenvalue weighted by molar-refractivity contribution is 5.80. The number of nitrogens with zero attached hydrogens (tertiary/aromatic N) is 3. The lowest BCUT2D eigenvalue weighted by Crippen LogP contribution is -2.05. The zero-order valence-electron chi connectivity index (χ0n) is 7.55. The summed E-state index contributed by atoms with van der Waals surface area (Å²) in [5.74, 6) is 0. The minimum absolute atomic E-state index is 0.00876. The number of nitriles is 1. The number of halogens is 2. The summed E-state index contributed by atoms with van der Waals surface area (Å²) in [6.45, 7) is 0. The SMILES string of the molecule is N#Cc1cnc(C=O)c([N+](=O)[O-])c1C(F)F. The van der Waals surface area contributed by atoms with E-state index in [0.29, 0.717) is 6.20 Å². The quantitative estimate of drug-likeness (QED) is 0.443. The molecule has 0 aliphatic heterocycles. The summed E-state index contributed by atoms with van der Waals surface area (Å²) in [7, 11) is 0. The number of hydrogen-bond acceptors (Lipinski definition) is 5. The molecule has 0 aliphatic rings. The predicted molar refractivity (Wildman–Crippen MR) is 46.0 cm³/mol. The zero-order chi connectivity index (χ0) is 12.3. The number of rotatable bonds is 3. The molecule has 1 aromatic rings. The highest BCUT2D eigenvalue weighted by Crippen LogP contribution is 2.32. The lowest BCUT2D eigenvalue weighted by atomic mass is 10.1. The normalized spacial score (nSPS) is 9.88. The maximum absolute atomic E-state index is 12.6. The third-order valence-corrected chi connectivity index (χ3v) is 1.75. The molecule has 0 fully saturated rings. The molecule has 0 aliphatic carbocycles. The van der Waals surface area contributed by atoms with Gasteiger partial charge >= 0.3 is 5.69 Å². The first-order valence-electron chi connectivity index (χ1n) is 3.83. The zero-order valence-corrected chi connectivity index (χ0v) is 7.55. The van der Waals surface area contributed by atoms with Crippen LogP contribution in [-0.4, -0.2) is 16.2 Å². The molecule has 0 amide bonds. The van der Waals surface area contributed by atoms with E-state index in [1.807, 2.05) is 0 Å². The van der Waals surface area contributed by atoms with Gasteiger partial charge in [0.2, 0.25) is 0 Å². The Labute approximate surface area is 87.3 Å². The number of aromatic nitrogens is 1. The molecule has 16 heavy (non-hydrogen) atoms. The molecule has 0 unspecified atom stereocenters. The Hall–Kier alpha value is -2.43. The number of pyridine rings is 1. The molecule has 82 valence electrons. The van der Waals surface area contributed by atoms with Gasteiger partial charge in [-0.2, -0.15) is 5.26 Å². The summed E-state index contributed by atoms with van der Waals surface area (Å²) in [5, 5.41) is 19.0. The Morgan fingerprint density at radius 1 is 1.62 bits per heavy atom. The summed E-state index contributed by atoms with van der Waals surface area (Å²) >= 11 is 0. The van der Waals surface area contributed by atoms with Crippen LogP contribution < -0.4 is 0 Å². The van der Waals surface area contributed by atoms with Gasteiger partial charge in [0.25, 0.3) is 6.43 Å². The number of hydrogen-bond donors (Lipinski definition) is 0. The monoisotopic (exact) mass is 227 g/mol. The molecule has 0 saturated carbocycles. The standard InChI is InChI=1S/C8H3F2N3O3/c9-8(10)6-4(1-11)2-12-5(3-14)7(6)13(15)16/h2-3,8H. The average Bonchev–Trinajstić information content (AvgIpc) is 2.26. The first-order valence-corrected chi connectivity index (χ1v) is 3.83. The van der Waals surface area contributed by atoms with Crippen molar-refractivity contribution in [3.63, 3.8) is 0 Å². The van der Waals surface area contributed by atoms with Crippen LogP contribution in [-0.2, 0) is 0 Å². The topological polar surface area (TPSA) is 96.9 Å². The van der Waals surface area contributed by atoms with Crippen molar-refractivity contribution in [3.8, 4) is 6.07 Å². The van der Waals surface area contributed by atoms with Crippen molar-refractivity contribution < 1.29 is 18.5 Å². The van der Waals surface area contributed by atoms with Crippen LogP contribution >= 0.6 is 0 Å². The van der Waals surface area contributed by atoms with Gasteiger partial charge in [-0.25, -0.2) is 13.8 Å². The molecule has 1 aromatic heterocycles. The van der Waals surface area contributed by atoms with E-state index in [2.05, 4.69) is 4.98 Å². The smallest absolute Gasteiger partial charge is 0.296 e. The van der Waals surface area contributed by atoms with Gasteiger partial charge in [0, 0.05) is 6.20 Å². The fourth-order valence-electron chi connectivity index (χ4n) is 1.12. The third-order valence-electron chi connectivity index (χ3n) is 1.75. The summed E-state index contributed by atoms with van der Waals surface area (Å²) in [6.07, 6.45) is -2.53. The maximum atomic E-state index is 12.6. The fourth-order valence-corrected chi connectivity index (χ4v) is 1.12. The van der Waals surface area contributed by atoms with Gasteiger partial charge < -0.3 is 0 Å². The van der Waals surface area contributed by atoms with Gasteiger partial charge in [-0.1, -0.05) is 0 Å². The molecular formula is C8H3F2N3O3. The van der Waals surface area contributed by atoms with Gasteiger partial charge in [0.05, 0.1) is 10.5 Å². The Kier molecular flexibility index (Phi) is 3.20.